The third-order valence-electron chi connectivity index (χ3n) is 7.17. The highest BCUT2D eigenvalue weighted by Crippen LogP contribution is 2.28. The fourth-order valence-electron chi connectivity index (χ4n) is 5.06. The minimum atomic E-state index is -0.126. The Kier molecular flexibility index (Phi) is 10.0. The number of nitrogens with one attached hydrogen (secondary N) is 1. The Bertz CT molecular complexity index is 1340. The van der Waals surface area contributed by atoms with E-state index < -0.39 is 0 Å². The number of rotatable bonds is 9. The molecule has 1 aliphatic rings. The average molecular weight is 557 g/mol. The molecule has 0 unspecified atom stereocenters. The maximum Gasteiger partial charge on any atom is 0.256 e. The molecule has 3 aromatic rings. The molecule has 0 saturated carbocycles. The number of carbonyl (C=O) groups is 3. The predicted octanol–water partition coefficient (Wildman–Crippen LogP) is 5.30. The van der Waals surface area contributed by atoms with E-state index in [9.17, 15) is 14.4 Å². The Morgan fingerprint density at radius 2 is 1.66 bits per heavy atom. The normalized spacial score (nSPS) is 13.5. The van der Waals surface area contributed by atoms with E-state index in [2.05, 4.69) is 10.2 Å². The van der Waals surface area contributed by atoms with Crippen LogP contribution in [0.3, 0.4) is 0 Å². The van der Waals surface area contributed by atoms with Crippen LogP contribution in [0.25, 0.3) is 0 Å². The Morgan fingerprint density at radius 1 is 0.927 bits per heavy atom. The summed E-state index contributed by atoms with van der Waals surface area (Å²) in [4.78, 5) is 45.3. The van der Waals surface area contributed by atoms with Gasteiger partial charge in [0.05, 0.1) is 12.7 Å². The maximum absolute atomic E-state index is 13.8. The zero-order chi connectivity index (χ0) is 29.4. The predicted molar refractivity (Wildman–Crippen MR) is 162 cm³/mol. The van der Waals surface area contributed by atoms with Crippen LogP contribution in [0.4, 0.5) is 11.4 Å². The van der Waals surface area contributed by atoms with Crippen LogP contribution in [0, 0.1) is 5.92 Å². The molecule has 0 bridgehead atoms. The number of amides is 3. The Labute approximate surface area is 242 Å². The molecule has 3 aromatic carbocycles. The van der Waals surface area contributed by atoms with Gasteiger partial charge in [0.25, 0.3) is 11.8 Å². The van der Waals surface area contributed by atoms with Gasteiger partial charge in [0.1, 0.15) is 5.75 Å². The molecule has 1 N–H and O–H groups in total. The van der Waals surface area contributed by atoms with E-state index in [0.717, 1.165) is 17.7 Å². The Hall–Kier alpha value is -4.33. The van der Waals surface area contributed by atoms with Crippen LogP contribution in [0.1, 0.15) is 53.0 Å². The number of nitrogens with zero attached hydrogens (tertiary/aromatic N) is 3. The van der Waals surface area contributed by atoms with Gasteiger partial charge in [0.15, 0.2) is 0 Å². The molecule has 0 aliphatic carbocycles. The molecule has 0 spiro atoms. The van der Waals surface area contributed by atoms with Crippen LogP contribution >= 0.6 is 0 Å². The number of hydrogen-bond donors (Lipinski definition) is 1. The van der Waals surface area contributed by atoms with E-state index in [1.54, 1.807) is 49.4 Å². The highest BCUT2D eigenvalue weighted by Gasteiger charge is 2.25. The molecule has 1 aliphatic heterocycles. The van der Waals surface area contributed by atoms with Gasteiger partial charge in [-0.25, -0.2) is 0 Å². The number of carbonyl (C=O) groups excluding carboxylic acids is 3. The van der Waals surface area contributed by atoms with Crippen molar-refractivity contribution in [3.8, 4) is 5.75 Å². The van der Waals surface area contributed by atoms with Gasteiger partial charge in [-0.3, -0.25) is 14.4 Å². The minimum absolute atomic E-state index is 0.0170. The summed E-state index contributed by atoms with van der Waals surface area (Å²) in [6, 6.07) is 22.6. The SMILES string of the molecule is COc1ccc(C(=O)N2CCCN(c3ccc(NC(=O)CC(C)C)cc3C(=O)N(C)Cc3ccccc3)CC2)cc1. The van der Waals surface area contributed by atoms with Crippen LogP contribution < -0.4 is 15.0 Å². The zero-order valence-electron chi connectivity index (χ0n) is 24.4. The lowest BCUT2D eigenvalue weighted by Crippen LogP contribution is -2.36. The molecular weight excluding hydrogens is 516 g/mol. The van der Waals surface area contributed by atoms with Gasteiger partial charge in [-0.15, -0.1) is 0 Å². The molecule has 8 nitrogen and oxygen atoms in total. The number of hydrogen-bond acceptors (Lipinski definition) is 5. The zero-order valence-corrected chi connectivity index (χ0v) is 24.4. The van der Waals surface area contributed by atoms with Crippen molar-refractivity contribution in [2.45, 2.75) is 33.2 Å². The van der Waals surface area contributed by atoms with Gasteiger partial charge in [-0.2, -0.15) is 0 Å². The second-order valence-electron chi connectivity index (χ2n) is 10.9. The first-order valence-electron chi connectivity index (χ1n) is 14.2. The molecule has 1 fully saturated rings. The van der Waals surface area contributed by atoms with Crippen molar-refractivity contribution in [2.24, 2.45) is 5.92 Å². The van der Waals surface area contributed by atoms with Crippen molar-refractivity contribution in [3.05, 3.63) is 89.5 Å². The van der Waals surface area contributed by atoms with Gasteiger partial charge in [-0.1, -0.05) is 44.2 Å². The highest BCUT2D eigenvalue weighted by molar-refractivity contribution is 6.02. The van der Waals surface area contributed by atoms with Crippen LogP contribution in [0.15, 0.2) is 72.8 Å². The first kappa shape index (κ1) is 29.6. The number of ether oxygens (including phenoxy) is 1. The van der Waals surface area contributed by atoms with E-state index in [4.69, 9.17) is 4.74 Å². The van der Waals surface area contributed by atoms with E-state index in [0.29, 0.717) is 61.7 Å². The summed E-state index contributed by atoms with van der Waals surface area (Å²) in [7, 11) is 3.39. The summed E-state index contributed by atoms with van der Waals surface area (Å²) < 4.78 is 5.22. The fraction of sp³-hybridized carbons (Fsp3) is 0.364. The summed E-state index contributed by atoms with van der Waals surface area (Å²) in [5, 5.41) is 2.96. The number of anilines is 2. The molecule has 41 heavy (non-hydrogen) atoms. The van der Waals surface area contributed by atoms with Crippen LogP contribution in [0.5, 0.6) is 5.75 Å². The third-order valence-corrected chi connectivity index (χ3v) is 7.17. The van der Waals surface area contributed by atoms with Gasteiger partial charge >= 0.3 is 0 Å². The monoisotopic (exact) mass is 556 g/mol. The van der Waals surface area contributed by atoms with Crippen molar-refractivity contribution >= 4 is 29.1 Å². The summed E-state index contributed by atoms with van der Waals surface area (Å²) >= 11 is 0. The molecule has 8 heteroatoms. The quantitative estimate of drug-likeness (QED) is 0.387. The Morgan fingerprint density at radius 3 is 2.34 bits per heavy atom. The molecular formula is C33H40N4O4. The minimum Gasteiger partial charge on any atom is -0.497 e. The summed E-state index contributed by atoms with van der Waals surface area (Å²) in [5.41, 5.74) is 3.59. The highest BCUT2D eigenvalue weighted by atomic mass is 16.5. The van der Waals surface area contributed by atoms with Crippen LogP contribution in [0.2, 0.25) is 0 Å². The van der Waals surface area contributed by atoms with Gasteiger partial charge < -0.3 is 24.8 Å². The molecule has 0 aromatic heterocycles. The first-order valence-corrected chi connectivity index (χ1v) is 14.2. The third kappa shape index (κ3) is 7.87. The molecule has 0 radical (unpaired) electrons. The lowest BCUT2D eigenvalue weighted by molar-refractivity contribution is -0.116. The lowest BCUT2D eigenvalue weighted by Gasteiger charge is -2.28. The largest absolute Gasteiger partial charge is 0.497 e. The topological polar surface area (TPSA) is 82.2 Å². The van der Waals surface area contributed by atoms with Crippen molar-refractivity contribution < 1.29 is 19.1 Å². The Balaban J connectivity index is 1.55. The van der Waals surface area contributed by atoms with Crippen molar-refractivity contribution in [1.29, 1.82) is 0 Å². The van der Waals surface area contributed by atoms with Gasteiger partial charge in [0, 0.05) is 63.1 Å². The first-order chi connectivity index (χ1) is 19.7. The second kappa shape index (κ2) is 13.8. The molecule has 4 rings (SSSR count). The van der Waals surface area contributed by atoms with E-state index in [1.807, 2.05) is 61.2 Å². The van der Waals surface area contributed by atoms with Gasteiger partial charge in [0.2, 0.25) is 5.91 Å². The van der Waals surface area contributed by atoms with Crippen LogP contribution in [-0.4, -0.2) is 67.9 Å². The van der Waals surface area contributed by atoms with E-state index in [-0.39, 0.29) is 23.6 Å². The molecule has 3 amide bonds. The standard InChI is InChI=1S/C33H40N4O4/c1-24(2)21-31(38)34-27-13-16-30(29(22-27)33(40)35(3)23-25-9-6-5-7-10-25)36-17-8-18-37(20-19-36)32(39)26-11-14-28(41-4)15-12-26/h5-7,9-16,22,24H,8,17-21,23H2,1-4H3,(H,34,38). The smallest absolute Gasteiger partial charge is 0.256 e. The molecule has 1 heterocycles. The molecule has 216 valence electrons. The molecule has 0 atom stereocenters. The number of methoxy groups -OCH3 is 1. The van der Waals surface area contributed by atoms with E-state index >= 15 is 0 Å². The fourth-order valence-corrected chi connectivity index (χ4v) is 5.06. The van der Waals surface area contributed by atoms with Crippen molar-refractivity contribution in [2.75, 3.05) is 50.6 Å². The van der Waals surface area contributed by atoms with Crippen molar-refractivity contribution in [1.82, 2.24) is 9.80 Å². The average Bonchev–Trinajstić information content (AvgIpc) is 3.23. The summed E-state index contributed by atoms with van der Waals surface area (Å²) in [6.45, 7) is 6.91. The van der Waals surface area contributed by atoms with Crippen molar-refractivity contribution in [3.63, 3.8) is 0 Å². The summed E-state index contributed by atoms with van der Waals surface area (Å²) in [6.07, 6.45) is 1.17. The summed E-state index contributed by atoms with van der Waals surface area (Å²) in [5.74, 6) is 0.719. The molecule has 1 saturated heterocycles. The lowest BCUT2D eigenvalue weighted by atomic mass is 10.1. The van der Waals surface area contributed by atoms with E-state index in [1.165, 1.54) is 0 Å². The maximum atomic E-state index is 13.8. The van der Waals surface area contributed by atoms with Gasteiger partial charge in [-0.05, 0) is 60.4 Å². The second-order valence-corrected chi connectivity index (χ2v) is 10.9. The van der Waals surface area contributed by atoms with Crippen LogP contribution in [-0.2, 0) is 11.3 Å². The number of benzene rings is 3.